The van der Waals surface area contributed by atoms with Crippen LogP contribution in [0.5, 0.6) is 0 Å². The number of carbonyl (C=O) groups excluding carboxylic acids is 1. The number of aliphatic hydroxyl groups excluding tert-OH is 1. The maximum absolute atomic E-state index is 11.4. The van der Waals surface area contributed by atoms with Crippen LogP contribution < -0.4 is 11.1 Å². The molecule has 1 amide bonds. The van der Waals surface area contributed by atoms with Gasteiger partial charge in [0.25, 0.3) is 0 Å². The Morgan fingerprint density at radius 2 is 2.11 bits per heavy atom. The van der Waals surface area contributed by atoms with Crippen LogP contribution in [0.25, 0.3) is 5.57 Å². The molecule has 0 radical (unpaired) electrons. The van der Waals surface area contributed by atoms with E-state index in [0.717, 1.165) is 11.1 Å². The molecule has 1 saturated heterocycles. The Morgan fingerprint density at radius 1 is 1.42 bits per heavy atom. The summed E-state index contributed by atoms with van der Waals surface area (Å²) in [4.78, 5) is 11.4. The van der Waals surface area contributed by atoms with Gasteiger partial charge in [-0.25, -0.2) is 0 Å². The Labute approximate surface area is 113 Å². The highest BCUT2D eigenvalue weighted by Gasteiger charge is 2.24. The van der Waals surface area contributed by atoms with Gasteiger partial charge in [-0.05, 0) is 30.9 Å². The Morgan fingerprint density at radius 3 is 2.63 bits per heavy atom. The van der Waals surface area contributed by atoms with Crippen LogP contribution in [-0.2, 0) is 4.79 Å². The lowest BCUT2D eigenvalue weighted by molar-refractivity contribution is -0.114. The first-order chi connectivity index (χ1) is 9.08. The summed E-state index contributed by atoms with van der Waals surface area (Å²) < 4.78 is 0. The number of carbonyl (C=O) groups is 1. The van der Waals surface area contributed by atoms with Crippen molar-refractivity contribution in [3.63, 3.8) is 0 Å². The largest absolute Gasteiger partial charge is 0.392 e. The molecule has 4 heteroatoms. The van der Waals surface area contributed by atoms with Crippen molar-refractivity contribution < 1.29 is 9.90 Å². The molecule has 0 spiro atoms. The van der Waals surface area contributed by atoms with Crippen LogP contribution in [0.15, 0.2) is 35.9 Å². The van der Waals surface area contributed by atoms with Gasteiger partial charge in [0.1, 0.15) is 0 Å². The molecule has 2 rings (SSSR count). The molecule has 0 saturated carbocycles. The SMILES string of the molecule is CC(C(N)=O)=C(CC1CC(O)CN1)c1ccccc1. The molecular weight excluding hydrogens is 240 g/mol. The molecule has 2 atom stereocenters. The normalized spacial score (nSPS) is 24.1. The lowest BCUT2D eigenvalue weighted by Gasteiger charge is -2.16. The average Bonchev–Trinajstić information content (AvgIpc) is 2.81. The number of amides is 1. The van der Waals surface area contributed by atoms with Crippen LogP contribution in [0, 0.1) is 0 Å². The van der Waals surface area contributed by atoms with Crippen molar-refractivity contribution in [3.8, 4) is 0 Å². The maximum atomic E-state index is 11.4. The van der Waals surface area contributed by atoms with Gasteiger partial charge in [-0.15, -0.1) is 0 Å². The molecule has 1 fully saturated rings. The number of rotatable bonds is 4. The monoisotopic (exact) mass is 260 g/mol. The van der Waals surface area contributed by atoms with E-state index in [2.05, 4.69) is 5.32 Å². The molecule has 19 heavy (non-hydrogen) atoms. The first-order valence-corrected chi connectivity index (χ1v) is 6.54. The Bertz CT molecular complexity index is 482. The molecule has 0 aromatic heterocycles. The van der Waals surface area contributed by atoms with Crippen LogP contribution in [0.3, 0.4) is 0 Å². The third-order valence-electron chi connectivity index (χ3n) is 3.59. The van der Waals surface area contributed by atoms with Crippen molar-refractivity contribution in [1.82, 2.24) is 5.32 Å². The van der Waals surface area contributed by atoms with Crippen molar-refractivity contribution in [2.24, 2.45) is 5.73 Å². The zero-order chi connectivity index (χ0) is 13.8. The summed E-state index contributed by atoms with van der Waals surface area (Å²) in [6.07, 6.45) is 1.12. The van der Waals surface area contributed by atoms with Crippen molar-refractivity contribution in [3.05, 3.63) is 41.5 Å². The molecule has 1 aliphatic heterocycles. The van der Waals surface area contributed by atoms with E-state index in [1.54, 1.807) is 6.92 Å². The third kappa shape index (κ3) is 3.43. The molecule has 1 heterocycles. The second-order valence-electron chi connectivity index (χ2n) is 5.03. The second kappa shape index (κ2) is 5.99. The predicted molar refractivity (Wildman–Crippen MR) is 75.3 cm³/mol. The number of benzene rings is 1. The molecule has 0 aliphatic carbocycles. The van der Waals surface area contributed by atoms with Crippen LogP contribution in [0.2, 0.25) is 0 Å². The van der Waals surface area contributed by atoms with E-state index < -0.39 is 5.91 Å². The third-order valence-corrected chi connectivity index (χ3v) is 3.59. The number of nitrogens with one attached hydrogen (secondary N) is 1. The molecule has 2 unspecified atom stereocenters. The average molecular weight is 260 g/mol. The minimum atomic E-state index is -0.391. The van der Waals surface area contributed by atoms with Gasteiger partial charge < -0.3 is 16.2 Å². The van der Waals surface area contributed by atoms with Gasteiger partial charge in [0.2, 0.25) is 5.91 Å². The second-order valence-corrected chi connectivity index (χ2v) is 5.03. The summed E-state index contributed by atoms with van der Waals surface area (Å²) in [5.74, 6) is -0.391. The summed E-state index contributed by atoms with van der Waals surface area (Å²) >= 11 is 0. The Kier molecular flexibility index (Phi) is 4.35. The van der Waals surface area contributed by atoms with Gasteiger partial charge in [0.05, 0.1) is 6.10 Å². The van der Waals surface area contributed by atoms with Gasteiger partial charge in [0, 0.05) is 18.2 Å². The predicted octanol–water partition coefficient (Wildman–Crippen LogP) is 1.06. The van der Waals surface area contributed by atoms with Crippen LogP contribution >= 0.6 is 0 Å². The number of hydrogen-bond acceptors (Lipinski definition) is 3. The zero-order valence-electron chi connectivity index (χ0n) is 11.1. The fourth-order valence-electron chi connectivity index (χ4n) is 2.48. The maximum Gasteiger partial charge on any atom is 0.244 e. The number of aliphatic hydroxyl groups is 1. The Balaban J connectivity index is 2.26. The van der Waals surface area contributed by atoms with Gasteiger partial charge in [-0.2, -0.15) is 0 Å². The molecule has 1 aliphatic rings. The highest BCUT2D eigenvalue weighted by Crippen LogP contribution is 2.26. The van der Waals surface area contributed by atoms with Crippen LogP contribution in [0.1, 0.15) is 25.3 Å². The van der Waals surface area contributed by atoms with E-state index in [9.17, 15) is 9.90 Å². The van der Waals surface area contributed by atoms with Gasteiger partial charge in [-0.3, -0.25) is 4.79 Å². The van der Waals surface area contributed by atoms with Gasteiger partial charge in [-0.1, -0.05) is 30.3 Å². The molecular formula is C15H20N2O2. The number of β-amino-alcohol motifs (C(OH)–C–C–N with tert-alkyl or cyclic N) is 1. The van der Waals surface area contributed by atoms with E-state index in [1.165, 1.54) is 0 Å². The lowest BCUT2D eigenvalue weighted by atomic mass is 9.93. The van der Waals surface area contributed by atoms with Crippen molar-refractivity contribution >= 4 is 11.5 Å². The molecule has 4 N–H and O–H groups in total. The first kappa shape index (κ1) is 13.8. The Hall–Kier alpha value is -1.65. The fraction of sp³-hybridized carbons (Fsp3) is 0.400. The van der Waals surface area contributed by atoms with Gasteiger partial charge in [0.15, 0.2) is 0 Å². The number of nitrogens with two attached hydrogens (primary N) is 1. The van der Waals surface area contributed by atoms with Crippen molar-refractivity contribution in [2.75, 3.05) is 6.54 Å². The van der Waals surface area contributed by atoms with E-state index in [0.29, 0.717) is 25.0 Å². The zero-order valence-corrected chi connectivity index (χ0v) is 11.1. The number of hydrogen-bond donors (Lipinski definition) is 3. The number of primary amides is 1. The summed E-state index contributed by atoms with van der Waals surface area (Å²) in [6.45, 7) is 2.37. The lowest BCUT2D eigenvalue weighted by Crippen LogP contribution is -2.23. The summed E-state index contributed by atoms with van der Waals surface area (Å²) in [6, 6.07) is 9.99. The van der Waals surface area contributed by atoms with E-state index in [4.69, 9.17) is 5.73 Å². The van der Waals surface area contributed by atoms with E-state index in [1.807, 2.05) is 30.3 Å². The highest BCUT2D eigenvalue weighted by molar-refractivity contribution is 5.99. The summed E-state index contributed by atoms with van der Waals surface area (Å²) in [5.41, 5.74) is 7.97. The molecule has 1 aromatic rings. The summed E-state index contributed by atoms with van der Waals surface area (Å²) in [5, 5.41) is 12.8. The summed E-state index contributed by atoms with van der Waals surface area (Å²) in [7, 11) is 0. The molecule has 1 aromatic carbocycles. The molecule has 102 valence electrons. The fourth-order valence-corrected chi connectivity index (χ4v) is 2.48. The van der Waals surface area contributed by atoms with Gasteiger partial charge >= 0.3 is 0 Å². The van der Waals surface area contributed by atoms with Crippen molar-refractivity contribution in [2.45, 2.75) is 31.9 Å². The molecule has 4 nitrogen and oxygen atoms in total. The standard InChI is InChI=1S/C15H20N2O2/c1-10(15(16)19)14(11-5-3-2-4-6-11)8-12-7-13(18)9-17-12/h2-6,12-13,17-18H,7-9H2,1H3,(H2,16,19). The van der Waals surface area contributed by atoms with Crippen LogP contribution in [-0.4, -0.2) is 29.7 Å². The minimum Gasteiger partial charge on any atom is -0.392 e. The topological polar surface area (TPSA) is 75.4 Å². The van der Waals surface area contributed by atoms with E-state index in [-0.39, 0.29) is 12.1 Å². The smallest absolute Gasteiger partial charge is 0.244 e. The van der Waals surface area contributed by atoms with Crippen molar-refractivity contribution in [1.29, 1.82) is 0 Å². The quantitative estimate of drug-likeness (QED) is 0.709. The van der Waals surface area contributed by atoms with Crippen LogP contribution in [0.4, 0.5) is 0 Å². The minimum absolute atomic E-state index is 0.194. The first-order valence-electron chi connectivity index (χ1n) is 6.54. The highest BCUT2D eigenvalue weighted by atomic mass is 16.3. The van der Waals surface area contributed by atoms with E-state index >= 15 is 0 Å². The molecule has 0 bridgehead atoms.